The molecule has 0 aliphatic rings. The quantitative estimate of drug-likeness (QED) is 0.448. The summed E-state index contributed by atoms with van der Waals surface area (Å²) in [6, 6.07) is 23.9. The fraction of sp³-hybridized carbons (Fsp3) is 0.100. The number of hydrogen-bond donors (Lipinski definition) is 0. The van der Waals surface area contributed by atoms with Gasteiger partial charge in [0.2, 0.25) is 0 Å². The Labute approximate surface area is 154 Å². The maximum atomic E-state index is 3.64. The molecule has 0 saturated carbocycles. The van der Waals surface area contributed by atoms with Crippen LogP contribution in [0.5, 0.6) is 0 Å². The van der Waals surface area contributed by atoms with Crippen LogP contribution in [0, 0.1) is 13.8 Å². The number of hydrogen-bond acceptors (Lipinski definition) is 2. The van der Waals surface area contributed by atoms with Gasteiger partial charge in [0, 0.05) is 24.1 Å². The third kappa shape index (κ3) is 4.90. The van der Waals surface area contributed by atoms with Gasteiger partial charge < -0.3 is 0 Å². The standard InChI is InChI=1S/C20H17BrS2/c1-14-3-7-17(8-4-14)22-19-11-16(21)12-20(13-19)23-18-9-5-15(2)6-10-18/h3-13H,1-2H3. The van der Waals surface area contributed by atoms with Crippen molar-refractivity contribution >= 4 is 39.5 Å². The zero-order chi connectivity index (χ0) is 16.2. The van der Waals surface area contributed by atoms with Crippen molar-refractivity contribution in [1.29, 1.82) is 0 Å². The fourth-order valence-electron chi connectivity index (χ4n) is 2.14. The summed E-state index contributed by atoms with van der Waals surface area (Å²) < 4.78 is 1.12. The van der Waals surface area contributed by atoms with E-state index in [0.717, 1.165) is 4.47 Å². The summed E-state index contributed by atoms with van der Waals surface area (Å²) in [6.07, 6.45) is 0. The van der Waals surface area contributed by atoms with E-state index in [0.29, 0.717) is 0 Å². The first-order valence-corrected chi connectivity index (χ1v) is 9.81. The molecule has 3 aromatic rings. The van der Waals surface area contributed by atoms with Gasteiger partial charge >= 0.3 is 0 Å². The second-order valence-electron chi connectivity index (χ2n) is 5.45. The van der Waals surface area contributed by atoms with Gasteiger partial charge in [0.1, 0.15) is 0 Å². The summed E-state index contributed by atoms with van der Waals surface area (Å²) in [7, 11) is 0. The lowest BCUT2D eigenvalue weighted by molar-refractivity contribution is 1.28. The zero-order valence-electron chi connectivity index (χ0n) is 13.0. The Morgan fingerprint density at radius 1 is 0.565 bits per heavy atom. The first-order chi connectivity index (χ1) is 11.1. The Morgan fingerprint density at radius 2 is 0.957 bits per heavy atom. The molecule has 0 unspecified atom stereocenters. The molecule has 0 spiro atoms. The van der Waals surface area contributed by atoms with Crippen LogP contribution in [0.1, 0.15) is 11.1 Å². The summed E-state index contributed by atoms with van der Waals surface area (Å²) in [4.78, 5) is 5.02. The minimum atomic E-state index is 1.12. The highest BCUT2D eigenvalue weighted by Gasteiger charge is 2.04. The molecule has 0 heterocycles. The fourth-order valence-corrected chi connectivity index (χ4v) is 4.84. The maximum Gasteiger partial charge on any atom is 0.0197 e. The van der Waals surface area contributed by atoms with E-state index in [1.807, 2.05) is 0 Å². The predicted octanol–water partition coefficient (Wildman–Crippen LogP) is 7.37. The Balaban J connectivity index is 1.81. The molecule has 0 fully saturated rings. The molecular formula is C20H17BrS2. The van der Waals surface area contributed by atoms with Crippen molar-refractivity contribution in [2.24, 2.45) is 0 Å². The monoisotopic (exact) mass is 400 g/mol. The van der Waals surface area contributed by atoms with E-state index in [2.05, 4.69) is 96.5 Å². The van der Waals surface area contributed by atoms with E-state index in [1.165, 1.54) is 30.7 Å². The SMILES string of the molecule is Cc1ccc(Sc2cc(Br)cc(Sc3ccc(C)cc3)c2)cc1. The van der Waals surface area contributed by atoms with Crippen LogP contribution in [0.3, 0.4) is 0 Å². The van der Waals surface area contributed by atoms with Crippen LogP contribution in [0.25, 0.3) is 0 Å². The Morgan fingerprint density at radius 3 is 1.35 bits per heavy atom. The van der Waals surface area contributed by atoms with E-state index in [1.54, 1.807) is 23.5 Å². The molecule has 0 aliphatic heterocycles. The minimum absolute atomic E-state index is 1.12. The molecule has 116 valence electrons. The minimum Gasteiger partial charge on any atom is -0.0900 e. The van der Waals surface area contributed by atoms with Crippen molar-refractivity contribution in [2.45, 2.75) is 33.4 Å². The van der Waals surface area contributed by atoms with Crippen LogP contribution in [0.2, 0.25) is 0 Å². The average Bonchev–Trinajstić information content (AvgIpc) is 2.51. The Kier molecular flexibility index (Phi) is 5.52. The van der Waals surface area contributed by atoms with Crippen molar-refractivity contribution in [3.8, 4) is 0 Å². The highest BCUT2D eigenvalue weighted by atomic mass is 79.9. The van der Waals surface area contributed by atoms with Crippen molar-refractivity contribution < 1.29 is 0 Å². The molecule has 0 nitrogen and oxygen atoms in total. The summed E-state index contributed by atoms with van der Waals surface area (Å²) in [6.45, 7) is 4.23. The lowest BCUT2D eigenvalue weighted by Gasteiger charge is -2.07. The van der Waals surface area contributed by atoms with Crippen LogP contribution in [-0.2, 0) is 0 Å². The molecule has 0 saturated heterocycles. The predicted molar refractivity (Wildman–Crippen MR) is 105 cm³/mol. The van der Waals surface area contributed by atoms with Gasteiger partial charge in [0.25, 0.3) is 0 Å². The molecule has 23 heavy (non-hydrogen) atoms. The summed E-state index contributed by atoms with van der Waals surface area (Å²) in [5.74, 6) is 0. The Bertz CT molecular complexity index is 727. The Hall–Kier alpha value is -1.16. The average molecular weight is 401 g/mol. The highest BCUT2D eigenvalue weighted by Crippen LogP contribution is 2.36. The number of benzene rings is 3. The second-order valence-corrected chi connectivity index (χ2v) is 8.66. The van der Waals surface area contributed by atoms with Crippen molar-refractivity contribution in [3.05, 3.63) is 82.3 Å². The summed E-state index contributed by atoms with van der Waals surface area (Å²) >= 11 is 7.22. The van der Waals surface area contributed by atoms with E-state index in [4.69, 9.17) is 0 Å². The van der Waals surface area contributed by atoms with Gasteiger partial charge in [0.15, 0.2) is 0 Å². The van der Waals surface area contributed by atoms with Gasteiger partial charge in [-0.2, -0.15) is 0 Å². The van der Waals surface area contributed by atoms with E-state index >= 15 is 0 Å². The lowest BCUT2D eigenvalue weighted by atomic mass is 10.2. The normalized spacial score (nSPS) is 10.7. The molecule has 0 amide bonds. The number of halogens is 1. The molecule has 0 radical (unpaired) electrons. The maximum absolute atomic E-state index is 3.64. The molecule has 0 atom stereocenters. The molecular weight excluding hydrogens is 384 g/mol. The summed E-state index contributed by atoms with van der Waals surface area (Å²) in [5.41, 5.74) is 2.58. The van der Waals surface area contributed by atoms with Gasteiger partial charge in [-0.15, -0.1) is 0 Å². The van der Waals surface area contributed by atoms with E-state index in [-0.39, 0.29) is 0 Å². The van der Waals surface area contributed by atoms with Gasteiger partial charge in [-0.05, 0) is 56.3 Å². The van der Waals surface area contributed by atoms with Crippen LogP contribution in [0.4, 0.5) is 0 Å². The molecule has 3 heteroatoms. The largest absolute Gasteiger partial charge is 0.0900 e. The molecule has 0 aromatic heterocycles. The van der Waals surface area contributed by atoms with Crippen LogP contribution < -0.4 is 0 Å². The van der Waals surface area contributed by atoms with Crippen molar-refractivity contribution in [2.75, 3.05) is 0 Å². The lowest BCUT2D eigenvalue weighted by Crippen LogP contribution is -1.80. The van der Waals surface area contributed by atoms with Crippen LogP contribution in [0.15, 0.2) is 90.8 Å². The van der Waals surface area contributed by atoms with Gasteiger partial charge in [-0.3, -0.25) is 0 Å². The number of rotatable bonds is 4. The first kappa shape index (κ1) is 16.7. The zero-order valence-corrected chi connectivity index (χ0v) is 16.3. The first-order valence-electron chi connectivity index (χ1n) is 7.38. The molecule has 0 bridgehead atoms. The van der Waals surface area contributed by atoms with E-state index < -0.39 is 0 Å². The van der Waals surface area contributed by atoms with Gasteiger partial charge in [-0.1, -0.05) is 74.8 Å². The second kappa shape index (κ2) is 7.61. The molecule has 0 N–H and O–H groups in total. The number of aryl methyl sites for hydroxylation is 2. The van der Waals surface area contributed by atoms with Gasteiger partial charge in [-0.25, -0.2) is 0 Å². The van der Waals surface area contributed by atoms with E-state index in [9.17, 15) is 0 Å². The molecule has 3 rings (SSSR count). The van der Waals surface area contributed by atoms with Crippen LogP contribution in [-0.4, -0.2) is 0 Å². The third-order valence-electron chi connectivity index (χ3n) is 3.36. The topological polar surface area (TPSA) is 0 Å². The highest BCUT2D eigenvalue weighted by molar-refractivity contribution is 9.10. The van der Waals surface area contributed by atoms with Crippen molar-refractivity contribution in [1.82, 2.24) is 0 Å². The molecule has 3 aromatic carbocycles. The summed E-state index contributed by atoms with van der Waals surface area (Å²) in [5, 5.41) is 0. The van der Waals surface area contributed by atoms with Crippen LogP contribution >= 0.6 is 39.5 Å². The smallest absolute Gasteiger partial charge is 0.0197 e. The third-order valence-corrected chi connectivity index (χ3v) is 5.77. The van der Waals surface area contributed by atoms with Crippen molar-refractivity contribution in [3.63, 3.8) is 0 Å². The molecule has 0 aliphatic carbocycles. The van der Waals surface area contributed by atoms with Gasteiger partial charge in [0.05, 0.1) is 0 Å².